The summed E-state index contributed by atoms with van der Waals surface area (Å²) in [6.07, 6.45) is 5.68. The number of ether oxygens (including phenoxy) is 2. The largest absolute Gasteiger partial charge is 0.447 e. The number of hydrogen-bond donors (Lipinski definition) is 1. The molecule has 5 rings (SSSR count). The Kier molecular flexibility index (Phi) is 5.19. The summed E-state index contributed by atoms with van der Waals surface area (Å²) in [6.45, 7) is 2.62. The second-order valence-corrected chi connectivity index (χ2v) is 9.14. The van der Waals surface area contributed by atoms with Crippen molar-refractivity contribution in [2.45, 2.75) is 62.1 Å². The smallest absolute Gasteiger partial charge is 0.410 e. The lowest BCUT2D eigenvalue weighted by atomic mass is 9.73. The summed E-state index contributed by atoms with van der Waals surface area (Å²) in [4.78, 5) is 29.9. The summed E-state index contributed by atoms with van der Waals surface area (Å²) < 4.78 is 10.4. The molecule has 1 aromatic rings. The van der Waals surface area contributed by atoms with Crippen LogP contribution in [-0.2, 0) is 19.7 Å². The maximum Gasteiger partial charge on any atom is 0.410 e. The van der Waals surface area contributed by atoms with Crippen LogP contribution in [0.4, 0.5) is 10.5 Å². The fourth-order valence-corrected chi connectivity index (χ4v) is 6.17. The van der Waals surface area contributed by atoms with Crippen molar-refractivity contribution < 1.29 is 19.1 Å². The highest BCUT2D eigenvalue weighted by atomic mass is 16.6. The van der Waals surface area contributed by atoms with Crippen molar-refractivity contribution in [1.29, 1.82) is 0 Å². The Hall–Kier alpha value is -2.12. The van der Waals surface area contributed by atoms with E-state index in [0.717, 1.165) is 57.3 Å². The number of likely N-dealkylation sites (tertiary alicyclic amines) is 1. The zero-order chi connectivity index (χ0) is 20.7. The Morgan fingerprint density at radius 3 is 2.50 bits per heavy atom. The molecule has 1 N–H and O–H groups in total. The van der Waals surface area contributed by atoms with Crippen LogP contribution in [0.5, 0.6) is 0 Å². The summed E-state index contributed by atoms with van der Waals surface area (Å²) in [6, 6.07) is 9.17. The topological polar surface area (TPSA) is 71.1 Å². The Bertz CT molecular complexity index is 806. The van der Waals surface area contributed by atoms with Crippen LogP contribution in [-0.4, -0.2) is 73.3 Å². The minimum atomic E-state index is -0.363. The molecule has 30 heavy (non-hydrogen) atoms. The third kappa shape index (κ3) is 3.19. The number of nitrogens with zero attached hydrogens (tertiary/aromatic N) is 2. The predicted octanol–water partition coefficient (Wildman–Crippen LogP) is 2.75. The highest BCUT2D eigenvalue weighted by Gasteiger charge is 2.51. The zero-order valence-corrected chi connectivity index (χ0v) is 17.6. The highest BCUT2D eigenvalue weighted by Crippen LogP contribution is 2.46. The number of para-hydroxylation sites is 1. The van der Waals surface area contributed by atoms with Crippen LogP contribution >= 0.6 is 0 Å². The number of benzene rings is 1. The SMILES string of the molecule is COCCOC(=O)N1C2CCC1CC(N1CCC3(CC1)C(=O)Nc1ccccc13)C2. The van der Waals surface area contributed by atoms with Crippen molar-refractivity contribution in [3.63, 3.8) is 0 Å². The fraction of sp³-hybridized carbons (Fsp3) is 0.652. The second kappa shape index (κ2) is 7.85. The molecule has 162 valence electrons. The van der Waals surface area contributed by atoms with Crippen LogP contribution in [0.25, 0.3) is 0 Å². The molecule has 4 heterocycles. The minimum Gasteiger partial charge on any atom is -0.447 e. The first-order valence-corrected chi connectivity index (χ1v) is 11.2. The van der Waals surface area contributed by atoms with Crippen molar-refractivity contribution >= 4 is 17.7 Å². The van der Waals surface area contributed by atoms with E-state index in [9.17, 15) is 9.59 Å². The van der Waals surface area contributed by atoms with Gasteiger partial charge in [-0.1, -0.05) is 18.2 Å². The molecule has 2 amide bonds. The number of nitrogens with one attached hydrogen (secondary N) is 1. The van der Waals surface area contributed by atoms with Crippen molar-refractivity contribution in [3.8, 4) is 0 Å². The van der Waals surface area contributed by atoms with Crippen molar-refractivity contribution in [2.24, 2.45) is 0 Å². The third-order valence-corrected chi connectivity index (χ3v) is 7.73. The van der Waals surface area contributed by atoms with E-state index in [1.807, 2.05) is 23.1 Å². The molecule has 0 saturated carbocycles. The molecule has 4 aliphatic rings. The first-order valence-electron chi connectivity index (χ1n) is 11.2. The standard InChI is InChI=1S/C23H31N3O4/c1-29-12-13-30-22(28)26-16-6-7-17(26)15-18(14-16)25-10-8-23(9-11-25)19-4-2-3-5-20(19)24-21(23)27/h2-5,16-18H,6-15H2,1H3,(H,24,27). The molecule has 7 nitrogen and oxygen atoms in total. The van der Waals surface area contributed by atoms with Crippen LogP contribution in [0.3, 0.4) is 0 Å². The Balaban J connectivity index is 1.22. The predicted molar refractivity (Wildman–Crippen MR) is 112 cm³/mol. The van der Waals surface area contributed by atoms with Gasteiger partial charge in [-0.15, -0.1) is 0 Å². The van der Waals surface area contributed by atoms with E-state index in [4.69, 9.17) is 9.47 Å². The number of fused-ring (bicyclic) bond motifs is 4. The normalized spacial score (nSPS) is 29.7. The summed E-state index contributed by atoms with van der Waals surface area (Å²) in [5.74, 6) is 0.164. The highest BCUT2D eigenvalue weighted by molar-refractivity contribution is 6.06. The molecule has 0 aromatic heterocycles. The Labute approximate surface area is 177 Å². The molecule has 2 bridgehead atoms. The number of anilines is 1. The zero-order valence-electron chi connectivity index (χ0n) is 17.6. The van der Waals surface area contributed by atoms with E-state index >= 15 is 0 Å². The van der Waals surface area contributed by atoms with Crippen molar-refractivity contribution in [1.82, 2.24) is 9.80 Å². The van der Waals surface area contributed by atoms with Gasteiger partial charge in [0.05, 0.1) is 12.0 Å². The molecule has 0 radical (unpaired) electrons. The van der Waals surface area contributed by atoms with Gasteiger partial charge in [0.15, 0.2) is 0 Å². The minimum absolute atomic E-state index is 0.164. The van der Waals surface area contributed by atoms with Crippen LogP contribution in [0, 0.1) is 0 Å². The number of hydrogen-bond acceptors (Lipinski definition) is 5. The maximum atomic E-state index is 12.8. The average molecular weight is 414 g/mol. The quantitative estimate of drug-likeness (QED) is 0.769. The van der Waals surface area contributed by atoms with Gasteiger partial charge in [0.25, 0.3) is 0 Å². The molecule has 3 saturated heterocycles. The Morgan fingerprint density at radius 1 is 1.10 bits per heavy atom. The lowest BCUT2D eigenvalue weighted by Gasteiger charge is -2.46. The number of carbonyl (C=O) groups excluding carboxylic acids is 2. The van der Waals surface area contributed by atoms with E-state index in [-0.39, 0.29) is 29.5 Å². The van der Waals surface area contributed by atoms with Gasteiger partial charge in [-0.25, -0.2) is 4.79 Å². The van der Waals surface area contributed by atoms with E-state index in [1.165, 1.54) is 5.56 Å². The summed E-state index contributed by atoms with van der Waals surface area (Å²) >= 11 is 0. The number of amides is 2. The van der Waals surface area contributed by atoms with Gasteiger partial charge in [-0.3, -0.25) is 4.79 Å². The van der Waals surface area contributed by atoms with Gasteiger partial charge >= 0.3 is 6.09 Å². The fourth-order valence-electron chi connectivity index (χ4n) is 6.17. The third-order valence-electron chi connectivity index (χ3n) is 7.73. The number of carbonyl (C=O) groups is 2. The lowest BCUT2D eigenvalue weighted by molar-refractivity contribution is -0.123. The van der Waals surface area contributed by atoms with Gasteiger partial charge < -0.3 is 24.6 Å². The van der Waals surface area contributed by atoms with Gasteiger partial charge in [0.1, 0.15) is 6.61 Å². The molecular weight excluding hydrogens is 382 g/mol. The van der Waals surface area contributed by atoms with E-state index in [1.54, 1.807) is 7.11 Å². The monoisotopic (exact) mass is 413 g/mol. The Morgan fingerprint density at radius 2 is 1.80 bits per heavy atom. The average Bonchev–Trinajstić information content (AvgIpc) is 3.19. The first-order chi connectivity index (χ1) is 14.6. The van der Waals surface area contributed by atoms with Crippen LogP contribution < -0.4 is 5.32 Å². The number of rotatable bonds is 4. The van der Waals surface area contributed by atoms with Crippen molar-refractivity contribution in [2.75, 3.05) is 38.7 Å². The molecule has 1 spiro atoms. The van der Waals surface area contributed by atoms with Crippen LogP contribution in [0.2, 0.25) is 0 Å². The maximum absolute atomic E-state index is 12.8. The summed E-state index contributed by atoms with van der Waals surface area (Å²) in [5, 5.41) is 3.09. The first kappa shape index (κ1) is 19.8. The molecule has 1 aromatic carbocycles. The summed E-state index contributed by atoms with van der Waals surface area (Å²) in [7, 11) is 1.61. The van der Waals surface area contributed by atoms with Crippen LogP contribution in [0.1, 0.15) is 44.1 Å². The van der Waals surface area contributed by atoms with E-state index in [0.29, 0.717) is 19.3 Å². The van der Waals surface area contributed by atoms with Crippen molar-refractivity contribution in [3.05, 3.63) is 29.8 Å². The van der Waals surface area contributed by atoms with E-state index < -0.39 is 0 Å². The molecule has 4 aliphatic heterocycles. The number of piperidine rings is 2. The molecule has 3 fully saturated rings. The van der Waals surface area contributed by atoms with Gasteiger partial charge in [0.2, 0.25) is 5.91 Å². The number of methoxy groups -OCH3 is 1. The van der Waals surface area contributed by atoms with Crippen LogP contribution in [0.15, 0.2) is 24.3 Å². The lowest BCUT2D eigenvalue weighted by Crippen LogP contribution is -2.56. The second-order valence-electron chi connectivity index (χ2n) is 9.14. The summed E-state index contributed by atoms with van der Waals surface area (Å²) in [5.41, 5.74) is 1.79. The van der Waals surface area contributed by atoms with E-state index in [2.05, 4.69) is 16.3 Å². The van der Waals surface area contributed by atoms with Gasteiger partial charge in [0, 0.05) is 30.9 Å². The molecule has 2 atom stereocenters. The van der Waals surface area contributed by atoms with Gasteiger partial charge in [-0.05, 0) is 63.2 Å². The molecule has 7 heteroatoms. The molecule has 0 aliphatic carbocycles. The molecule has 2 unspecified atom stereocenters. The molecular formula is C23H31N3O4. The van der Waals surface area contributed by atoms with Gasteiger partial charge in [-0.2, -0.15) is 0 Å².